The predicted molar refractivity (Wildman–Crippen MR) is 76.7 cm³/mol. The number of nitrogens with zero attached hydrogens (tertiary/aromatic N) is 1. The molecule has 2 aliphatic rings. The average molecular weight is 253 g/mol. The minimum Gasteiger partial charge on any atom is -0.396 e. The lowest BCUT2D eigenvalue weighted by atomic mass is 9.74. The molecule has 0 radical (unpaired) electrons. The monoisotopic (exact) mass is 253 g/mol. The van der Waals surface area contributed by atoms with E-state index >= 15 is 0 Å². The van der Waals surface area contributed by atoms with Gasteiger partial charge >= 0.3 is 0 Å². The van der Waals surface area contributed by atoms with Crippen LogP contribution in [0.15, 0.2) is 0 Å². The molecule has 0 aromatic rings. The van der Waals surface area contributed by atoms with Gasteiger partial charge in [-0.05, 0) is 38.6 Å². The molecule has 1 aliphatic heterocycles. The van der Waals surface area contributed by atoms with Crippen molar-refractivity contribution in [2.75, 3.05) is 19.7 Å². The molecule has 1 heterocycles. The maximum absolute atomic E-state index is 9.87. The molecule has 1 N–H and O–H groups in total. The lowest BCUT2D eigenvalue weighted by Gasteiger charge is -2.42. The normalized spacial score (nSPS) is 30.0. The van der Waals surface area contributed by atoms with Crippen molar-refractivity contribution in [3.63, 3.8) is 0 Å². The molecule has 0 bridgehead atoms. The van der Waals surface area contributed by atoms with Crippen LogP contribution in [0.2, 0.25) is 0 Å². The molecule has 1 atom stereocenters. The van der Waals surface area contributed by atoms with E-state index in [1.807, 2.05) is 0 Å². The van der Waals surface area contributed by atoms with E-state index in [4.69, 9.17) is 0 Å². The van der Waals surface area contributed by atoms with E-state index in [0.29, 0.717) is 6.61 Å². The Morgan fingerprint density at radius 2 is 1.78 bits per heavy atom. The number of rotatable bonds is 4. The highest BCUT2D eigenvalue weighted by molar-refractivity contribution is 4.88. The Bertz CT molecular complexity index is 235. The molecule has 18 heavy (non-hydrogen) atoms. The molecule has 0 aromatic heterocycles. The van der Waals surface area contributed by atoms with Crippen molar-refractivity contribution in [2.45, 2.75) is 77.2 Å². The van der Waals surface area contributed by atoms with Crippen LogP contribution in [0.25, 0.3) is 0 Å². The van der Waals surface area contributed by atoms with Gasteiger partial charge in [0.25, 0.3) is 0 Å². The van der Waals surface area contributed by atoms with Gasteiger partial charge in [0.1, 0.15) is 0 Å². The quantitative estimate of drug-likeness (QED) is 0.827. The van der Waals surface area contributed by atoms with E-state index in [9.17, 15) is 5.11 Å². The first-order chi connectivity index (χ1) is 8.79. The molecule has 0 amide bonds. The first-order valence-corrected chi connectivity index (χ1v) is 8.14. The second-order valence-corrected chi connectivity index (χ2v) is 6.60. The van der Waals surface area contributed by atoms with E-state index in [2.05, 4.69) is 11.8 Å². The lowest BCUT2D eigenvalue weighted by molar-refractivity contribution is 0.0251. The van der Waals surface area contributed by atoms with Gasteiger partial charge in [0.2, 0.25) is 0 Å². The summed E-state index contributed by atoms with van der Waals surface area (Å²) in [4.78, 5) is 2.72. The highest BCUT2D eigenvalue weighted by atomic mass is 16.3. The zero-order chi connectivity index (χ0) is 12.8. The fourth-order valence-corrected chi connectivity index (χ4v) is 4.01. The number of likely N-dealkylation sites (tertiary alicyclic amines) is 1. The first kappa shape index (κ1) is 14.3. The summed E-state index contributed by atoms with van der Waals surface area (Å²) in [7, 11) is 0. The van der Waals surface area contributed by atoms with Crippen LogP contribution < -0.4 is 0 Å². The van der Waals surface area contributed by atoms with E-state index in [1.165, 1.54) is 70.8 Å². The lowest BCUT2D eigenvalue weighted by Crippen LogP contribution is -2.45. The van der Waals surface area contributed by atoms with Gasteiger partial charge in [0.05, 0.1) is 0 Å². The average Bonchev–Trinajstić information content (AvgIpc) is 2.65. The van der Waals surface area contributed by atoms with Crippen molar-refractivity contribution >= 4 is 0 Å². The topological polar surface area (TPSA) is 23.5 Å². The van der Waals surface area contributed by atoms with Gasteiger partial charge in [0, 0.05) is 24.6 Å². The van der Waals surface area contributed by atoms with Gasteiger partial charge in [-0.3, -0.25) is 4.90 Å². The zero-order valence-electron chi connectivity index (χ0n) is 12.2. The Balaban J connectivity index is 1.99. The van der Waals surface area contributed by atoms with Crippen LogP contribution in [0.4, 0.5) is 0 Å². The minimum atomic E-state index is 0.232. The molecular formula is C16H31NO. The first-order valence-electron chi connectivity index (χ1n) is 8.14. The third kappa shape index (κ3) is 3.48. The summed E-state index contributed by atoms with van der Waals surface area (Å²) < 4.78 is 0. The zero-order valence-corrected chi connectivity index (χ0v) is 12.2. The summed E-state index contributed by atoms with van der Waals surface area (Å²) >= 11 is 0. The Hall–Kier alpha value is -0.0800. The maximum Gasteiger partial charge on any atom is 0.0499 e. The highest BCUT2D eigenvalue weighted by Crippen LogP contribution is 2.37. The molecule has 0 spiro atoms. The SMILES string of the molecule is CCC1CCCCCN1CC1(CO)CCCCC1. The summed E-state index contributed by atoms with van der Waals surface area (Å²) in [5, 5.41) is 9.87. The number of hydrogen-bond acceptors (Lipinski definition) is 2. The smallest absolute Gasteiger partial charge is 0.0499 e. The van der Waals surface area contributed by atoms with E-state index in [-0.39, 0.29) is 5.41 Å². The maximum atomic E-state index is 9.87. The molecule has 2 heteroatoms. The largest absolute Gasteiger partial charge is 0.396 e. The molecular weight excluding hydrogens is 222 g/mol. The van der Waals surface area contributed by atoms with E-state index < -0.39 is 0 Å². The van der Waals surface area contributed by atoms with Crippen LogP contribution in [-0.2, 0) is 0 Å². The number of hydrogen-bond donors (Lipinski definition) is 1. The summed E-state index contributed by atoms with van der Waals surface area (Å²) in [6, 6.07) is 0.776. The molecule has 1 aliphatic carbocycles. The molecule has 2 rings (SSSR count). The van der Waals surface area contributed by atoms with Crippen molar-refractivity contribution in [1.29, 1.82) is 0 Å². The minimum absolute atomic E-state index is 0.232. The van der Waals surface area contributed by atoms with Crippen LogP contribution in [0.5, 0.6) is 0 Å². The molecule has 2 nitrogen and oxygen atoms in total. The van der Waals surface area contributed by atoms with E-state index in [1.54, 1.807) is 0 Å². The van der Waals surface area contributed by atoms with Gasteiger partial charge in [-0.25, -0.2) is 0 Å². The Labute approximate surface area is 113 Å². The fourth-order valence-electron chi connectivity index (χ4n) is 4.01. The van der Waals surface area contributed by atoms with Crippen LogP contribution in [0.3, 0.4) is 0 Å². The molecule has 2 fully saturated rings. The third-order valence-corrected chi connectivity index (χ3v) is 5.26. The van der Waals surface area contributed by atoms with E-state index in [0.717, 1.165) is 12.6 Å². The Kier molecular flexibility index (Phi) is 5.50. The summed E-state index contributed by atoms with van der Waals surface area (Å²) in [5.74, 6) is 0. The molecule has 1 saturated carbocycles. The van der Waals surface area contributed by atoms with Crippen molar-refractivity contribution in [2.24, 2.45) is 5.41 Å². The Morgan fingerprint density at radius 3 is 2.44 bits per heavy atom. The summed E-state index contributed by atoms with van der Waals surface area (Å²) in [6.45, 7) is 5.15. The second-order valence-electron chi connectivity index (χ2n) is 6.60. The molecule has 106 valence electrons. The van der Waals surface area contributed by atoms with Crippen molar-refractivity contribution in [3.8, 4) is 0 Å². The summed E-state index contributed by atoms with van der Waals surface area (Å²) in [6.07, 6.45) is 13.3. The second kappa shape index (κ2) is 6.91. The van der Waals surface area contributed by atoms with Crippen LogP contribution in [0, 0.1) is 5.41 Å². The van der Waals surface area contributed by atoms with Crippen LogP contribution in [0.1, 0.15) is 71.1 Å². The van der Waals surface area contributed by atoms with Gasteiger partial charge < -0.3 is 5.11 Å². The van der Waals surface area contributed by atoms with Crippen molar-refractivity contribution in [1.82, 2.24) is 4.90 Å². The number of aliphatic hydroxyl groups is 1. The third-order valence-electron chi connectivity index (χ3n) is 5.26. The van der Waals surface area contributed by atoms with Gasteiger partial charge in [-0.15, -0.1) is 0 Å². The molecule has 0 aromatic carbocycles. The molecule has 1 saturated heterocycles. The van der Waals surface area contributed by atoms with Gasteiger partial charge in [-0.1, -0.05) is 39.0 Å². The fraction of sp³-hybridized carbons (Fsp3) is 1.00. The van der Waals surface area contributed by atoms with Crippen molar-refractivity contribution in [3.05, 3.63) is 0 Å². The highest BCUT2D eigenvalue weighted by Gasteiger charge is 2.35. The number of aliphatic hydroxyl groups excluding tert-OH is 1. The standard InChI is InChI=1S/C16H31NO/c1-2-15-9-5-3-8-12-17(15)13-16(14-18)10-6-4-7-11-16/h15,18H,2-14H2,1H3. The molecule has 1 unspecified atom stereocenters. The Morgan fingerprint density at radius 1 is 1.06 bits per heavy atom. The predicted octanol–water partition coefficient (Wildman–Crippen LogP) is 3.58. The summed E-state index contributed by atoms with van der Waals surface area (Å²) in [5.41, 5.74) is 0.232. The van der Waals surface area contributed by atoms with Crippen LogP contribution in [-0.4, -0.2) is 35.7 Å². The van der Waals surface area contributed by atoms with Gasteiger partial charge in [-0.2, -0.15) is 0 Å². The van der Waals surface area contributed by atoms with Gasteiger partial charge in [0.15, 0.2) is 0 Å². The van der Waals surface area contributed by atoms with Crippen molar-refractivity contribution < 1.29 is 5.11 Å². The van der Waals surface area contributed by atoms with Crippen LogP contribution >= 0.6 is 0 Å².